The number of rotatable bonds is 5. The van der Waals surface area contributed by atoms with Crippen molar-refractivity contribution in [2.24, 2.45) is 10.9 Å². The van der Waals surface area contributed by atoms with E-state index in [0.29, 0.717) is 17.3 Å². The molecule has 1 N–H and O–H groups in total. The van der Waals surface area contributed by atoms with Crippen LogP contribution in [0.15, 0.2) is 70.1 Å². The first-order valence-corrected chi connectivity index (χ1v) is 10.8. The second-order valence-electron chi connectivity index (χ2n) is 7.31. The van der Waals surface area contributed by atoms with Crippen LogP contribution in [0.5, 0.6) is 0 Å². The van der Waals surface area contributed by atoms with Crippen LogP contribution < -0.4 is 15.9 Å². The minimum absolute atomic E-state index is 0.135. The molecule has 0 spiro atoms. The molecule has 0 bridgehead atoms. The number of nitrogens with one attached hydrogen (secondary N) is 1. The number of carbonyl (C=O) groups is 1. The summed E-state index contributed by atoms with van der Waals surface area (Å²) in [7, 11) is 0. The van der Waals surface area contributed by atoms with Gasteiger partial charge in [-0.05, 0) is 47.9 Å². The highest BCUT2D eigenvalue weighted by molar-refractivity contribution is 9.10. The monoisotopic (exact) mass is 484 g/mol. The van der Waals surface area contributed by atoms with Gasteiger partial charge in [0.1, 0.15) is 5.82 Å². The number of nitrogens with zero attached hydrogens (tertiary/aromatic N) is 1. The second-order valence-corrected chi connectivity index (χ2v) is 8.57. The number of anilines is 1. The molecule has 3 aromatic rings. The first-order valence-electron chi connectivity index (χ1n) is 9.61. The van der Waals surface area contributed by atoms with Crippen LogP contribution >= 0.6 is 27.5 Å². The molecule has 1 aliphatic heterocycles. The van der Waals surface area contributed by atoms with Crippen molar-refractivity contribution in [2.75, 3.05) is 11.9 Å². The zero-order valence-electron chi connectivity index (χ0n) is 16.0. The molecule has 3 aromatic carbocycles. The molecule has 0 radical (unpaired) electrons. The fourth-order valence-electron chi connectivity index (χ4n) is 3.54. The zero-order valence-corrected chi connectivity index (χ0v) is 18.4. The Balaban J connectivity index is 1.50. The minimum atomic E-state index is -0.228. The van der Waals surface area contributed by atoms with Crippen LogP contribution in [-0.2, 0) is 17.6 Å². The van der Waals surface area contributed by atoms with Gasteiger partial charge in [0.05, 0.1) is 11.8 Å². The van der Waals surface area contributed by atoms with Crippen LogP contribution in [-0.4, -0.2) is 12.5 Å². The van der Waals surface area contributed by atoms with Crippen LogP contribution in [0, 0.1) is 11.7 Å². The van der Waals surface area contributed by atoms with E-state index in [4.69, 9.17) is 16.6 Å². The van der Waals surface area contributed by atoms with Gasteiger partial charge >= 0.3 is 0 Å². The van der Waals surface area contributed by atoms with Crippen molar-refractivity contribution in [3.8, 4) is 0 Å². The molecule has 0 saturated carbocycles. The number of benzene rings is 3. The predicted octanol–water partition coefficient (Wildman–Crippen LogP) is 4.70. The summed E-state index contributed by atoms with van der Waals surface area (Å²) in [6, 6.07) is 17.7. The number of hydrogen-bond acceptors (Lipinski definition) is 2. The summed E-state index contributed by atoms with van der Waals surface area (Å²) in [6.07, 6.45) is 3.19. The molecule has 1 heterocycles. The fraction of sp³-hybridized carbons (Fsp3) is 0.167. The molecule has 152 valence electrons. The highest BCUT2D eigenvalue weighted by Crippen LogP contribution is 2.18. The van der Waals surface area contributed by atoms with Gasteiger partial charge in [-0.2, -0.15) is 0 Å². The van der Waals surface area contributed by atoms with Crippen molar-refractivity contribution in [3.05, 3.63) is 97.7 Å². The fourth-order valence-corrected chi connectivity index (χ4v) is 4.33. The minimum Gasteiger partial charge on any atom is -0.326 e. The number of amides is 1. The largest absolute Gasteiger partial charge is 0.326 e. The van der Waals surface area contributed by atoms with Crippen molar-refractivity contribution >= 4 is 45.2 Å². The lowest BCUT2D eigenvalue weighted by atomic mass is 9.96. The van der Waals surface area contributed by atoms with Crippen molar-refractivity contribution in [1.29, 1.82) is 0 Å². The summed E-state index contributed by atoms with van der Waals surface area (Å²) in [4.78, 5) is 17.1. The summed E-state index contributed by atoms with van der Waals surface area (Å²) in [5.41, 5.74) is 2.55. The first kappa shape index (κ1) is 20.8. The maximum atomic E-state index is 13.1. The SMILES string of the molecule is O=C(Cc1ccccc1Cl)Nc1cc(Br)c2c(c1)=NCC(Cc1ccc(F)cc1)C=2. The molecule has 1 unspecified atom stereocenters. The maximum absolute atomic E-state index is 13.1. The van der Waals surface area contributed by atoms with Crippen LogP contribution in [0.25, 0.3) is 6.08 Å². The number of hydrogen-bond donors (Lipinski definition) is 1. The van der Waals surface area contributed by atoms with Gasteiger partial charge in [0.25, 0.3) is 0 Å². The summed E-state index contributed by atoms with van der Waals surface area (Å²) in [5, 5.41) is 5.36. The Morgan fingerprint density at radius 1 is 1.17 bits per heavy atom. The molecule has 1 aliphatic rings. The van der Waals surface area contributed by atoms with Crippen molar-refractivity contribution in [2.45, 2.75) is 12.8 Å². The molecule has 1 amide bonds. The Morgan fingerprint density at radius 3 is 2.70 bits per heavy atom. The van der Waals surface area contributed by atoms with Gasteiger partial charge in [0.2, 0.25) is 5.91 Å². The van der Waals surface area contributed by atoms with Crippen molar-refractivity contribution < 1.29 is 9.18 Å². The van der Waals surface area contributed by atoms with E-state index in [9.17, 15) is 9.18 Å². The third kappa shape index (κ3) is 4.97. The Labute approximate surface area is 187 Å². The van der Waals surface area contributed by atoms with Gasteiger partial charge in [-0.3, -0.25) is 9.79 Å². The average Bonchev–Trinajstić information content (AvgIpc) is 2.72. The van der Waals surface area contributed by atoms with Gasteiger partial charge in [-0.25, -0.2) is 4.39 Å². The lowest BCUT2D eigenvalue weighted by Crippen LogP contribution is -2.33. The molecule has 0 saturated heterocycles. The standard InChI is InChI=1S/C24H19BrClFN2O/c25-21-12-19(29-24(30)11-17-3-1-2-4-22(17)26)13-23-20(21)10-16(14-28-23)9-15-5-7-18(27)8-6-15/h1-8,10,12-13,16H,9,11,14H2,(H,29,30). The van der Waals surface area contributed by atoms with Crippen LogP contribution in [0.1, 0.15) is 11.1 Å². The van der Waals surface area contributed by atoms with Crippen molar-refractivity contribution in [3.63, 3.8) is 0 Å². The number of halogens is 3. The van der Waals surface area contributed by atoms with E-state index in [-0.39, 0.29) is 24.1 Å². The number of fused-ring (bicyclic) bond motifs is 1. The second kappa shape index (κ2) is 9.11. The third-order valence-electron chi connectivity index (χ3n) is 5.01. The molecule has 0 aliphatic carbocycles. The molecule has 3 nitrogen and oxygen atoms in total. The lowest BCUT2D eigenvalue weighted by molar-refractivity contribution is -0.115. The van der Waals surface area contributed by atoms with Crippen LogP contribution in [0.2, 0.25) is 5.02 Å². The Kier molecular flexibility index (Phi) is 6.30. The Bertz CT molecular complexity index is 1210. The highest BCUT2D eigenvalue weighted by Gasteiger charge is 2.13. The van der Waals surface area contributed by atoms with E-state index >= 15 is 0 Å². The van der Waals surface area contributed by atoms with Gasteiger partial charge in [-0.1, -0.05) is 63.9 Å². The van der Waals surface area contributed by atoms with Gasteiger partial charge in [0.15, 0.2) is 0 Å². The predicted molar refractivity (Wildman–Crippen MR) is 122 cm³/mol. The molecule has 0 aromatic heterocycles. The summed E-state index contributed by atoms with van der Waals surface area (Å²) in [5.74, 6) is -0.128. The molecule has 4 rings (SSSR count). The summed E-state index contributed by atoms with van der Waals surface area (Å²) in [6.45, 7) is 0.647. The molecule has 0 fully saturated rings. The summed E-state index contributed by atoms with van der Waals surface area (Å²) < 4.78 is 14.0. The van der Waals surface area contributed by atoms with E-state index in [2.05, 4.69) is 27.3 Å². The normalized spacial score (nSPS) is 15.0. The maximum Gasteiger partial charge on any atom is 0.228 e. The first-order chi connectivity index (χ1) is 14.5. The Hall–Kier alpha value is -2.50. The Morgan fingerprint density at radius 2 is 1.93 bits per heavy atom. The molecule has 30 heavy (non-hydrogen) atoms. The highest BCUT2D eigenvalue weighted by atomic mass is 79.9. The molecule has 1 atom stereocenters. The average molecular weight is 486 g/mol. The van der Waals surface area contributed by atoms with E-state index < -0.39 is 0 Å². The van der Waals surface area contributed by atoms with Crippen molar-refractivity contribution in [1.82, 2.24) is 0 Å². The number of carbonyl (C=O) groups excluding carboxylic acids is 1. The van der Waals surface area contributed by atoms with Gasteiger partial charge < -0.3 is 5.32 Å². The van der Waals surface area contributed by atoms with Gasteiger partial charge in [0, 0.05) is 32.9 Å². The van der Waals surface area contributed by atoms with E-state index in [1.54, 1.807) is 6.07 Å². The van der Waals surface area contributed by atoms with Gasteiger partial charge in [-0.15, -0.1) is 0 Å². The van der Waals surface area contributed by atoms with Crippen LogP contribution in [0.4, 0.5) is 10.1 Å². The zero-order chi connectivity index (χ0) is 21.1. The molecular formula is C24H19BrClFN2O. The smallest absolute Gasteiger partial charge is 0.228 e. The molecular weight excluding hydrogens is 467 g/mol. The molecule has 6 heteroatoms. The van der Waals surface area contributed by atoms with Crippen LogP contribution in [0.3, 0.4) is 0 Å². The third-order valence-corrected chi connectivity index (χ3v) is 6.03. The van der Waals surface area contributed by atoms with E-state index in [1.165, 1.54) is 12.1 Å². The summed E-state index contributed by atoms with van der Waals surface area (Å²) >= 11 is 9.76. The quantitative estimate of drug-likeness (QED) is 0.559. The van der Waals surface area contributed by atoms with E-state index in [0.717, 1.165) is 32.6 Å². The topological polar surface area (TPSA) is 41.5 Å². The lowest BCUT2D eigenvalue weighted by Gasteiger charge is -2.15. The van der Waals surface area contributed by atoms with E-state index in [1.807, 2.05) is 42.5 Å².